The molecule has 124 valence electrons. The van der Waals surface area contributed by atoms with Crippen LogP contribution in [0.15, 0.2) is 12.2 Å². The Kier molecular flexibility index (Phi) is 15.0. The maximum absolute atomic E-state index is 10.7. The number of carboxylic acids is 1. The van der Waals surface area contributed by atoms with Crippen molar-refractivity contribution < 1.29 is 9.90 Å². The number of allylic oxidation sites excluding steroid dienone is 2. The Bertz CT molecular complexity index is 258. The standard InChI is InChI=1S/C19H36O2/c1-3-4-5-6-7-8-9-10-11-12-13-14-15-16-17-18(2)19(20)21/h6-7,18H,3-5,8-17H2,1-2H3,(H,20,21)/b7-6-. The highest BCUT2D eigenvalue weighted by Crippen LogP contribution is 2.13. The van der Waals surface area contributed by atoms with E-state index in [1.165, 1.54) is 70.6 Å². The third-order valence-electron chi connectivity index (χ3n) is 4.07. The van der Waals surface area contributed by atoms with E-state index in [2.05, 4.69) is 19.1 Å². The molecule has 1 N–H and O–H groups in total. The minimum Gasteiger partial charge on any atom is -0.481 e. The zero-order chi connectivity index (χ0) is 15.8. The maximum Gasteiger partial charge on any atom is 0.306 e. The van der Waals surface area contributed by atoms with Crippen LogP contribution in [0.25, 0.3) is 0 Å². The third kappa shape index (κ3) is 15.4. The molecular weight excluding hydrogens is 260 g/mol. The topological polar surface area (TPSA) is 37.3 Å². The van der Waals surface area contributed by atoms with Gasteiger partial charge in [0.25, 0.3) is 0 Å². The first-order valence-electron chi connectivity index (χ1n) is 9.06. The van der Waals surface area contributed by atoms with E-state index in [9.17, 15) is 4.79 Å². The molecule has 21 heavy (non-hydrogen) atoms. The lowest BCUT2D eigenvalue weighted by molar-refractivity contribution is -0.141. The molecule has 0 spiro atoms. The van der Waals surface area contributed by atoms with Gasteiger partial charge in [-0.05, 0) is 25.7 Å². The number of carbonyl (C=O) groups is 1. The van der Waals surface area contributed by atoms with Crippen molar-refractivity contribution in [1.82, 2.24) is 0 Å². The highest BCUT2D eigenvalue weighted by Gasteiger charge is 2.09. The van der Waals surface area contributed by atoms with Gasteiger partial charge in [0.15, 0.2) is 0 Å². The average molecular weight is 296 g/mol. The minimum absolute atomic E-state index is 0.171. The number of rotatable bonds is 15. The molecule has 0 aliphatic heterocycles. The van der Waals surface area contributed by atoms with Crippen LogP contribution in [0.1, 0.15) is 97.3 Å². The molecule has 0 rings (SSSR count). The first-order valence-corrected chi connectivity index (χ1v) is 9.06. The molecule has 0 radical (unpaired) electrons. The fourth-order valence-corrected chi connectivity index (χ4v) is 2.45. The second kappa shape index (κ2) is 15.6. The van der Waals surface area contributed by atoms with Crippen molar-refractivity contribution >= 4 is 5.97 Å². The minimum atomic E-state index is -0.654. The predicted molar refractivity (Wildman–Crippen MR) is 91.6 cm³/mol. The number of carboxylic acid groups (broad SMARTS) is 1. The van der Waals surface area contributed by atoms with Crippen LogP contribution in [0, 0.1) is 5.92 Å². The number of aliphatic carboxylic acids is 1. The highest BCUT2D eigenvalue weighted by atomic mass is 16.4. The smallest absolute Gasteiger partial charge is 0.306 e. The molecule has 2 nitrogen and oxygen atoms in total. The van der Waals surface area contributed by atoms with Crippen molar-refractivity contribution in [2.75, 3.05) is 0 Å². The molecule has 0 aromatic rings. The first kappa shape index (κ1) is 20.2. The SMILES string of the molecule is CCCC/C=C\CCCCCCCCCCC(C)C(=O)O. The molecule has 0 aromatic heterocycles. The summed E-state index contributed by atoms with van der Waals surface area (Å²) in [6.45, 7) is 4.04. The molecule has 0 aliphatic carbocycles. The van der Waals surface area contributed by atoms with Crippen molar-refractivity contribution in [2.24, 2.45) is 5.92 Å². The zero-order valence-electron chi connectivity index (χ0n) is 14.3. The highest BCUT2D eigenvalue weighted by molar-refractivity contribution is 5.69. The van der Waals surface area contributed by atoms with E-state index in [4.69, 9.17) is 5.11 Å². The van der Waals surface area contributed by atoms with Gasteiger partial charge < -0.3 is 5.11 Å². The summed E-state index contributed by atoms with van der Waals surface area (Å²) in [5, 5.41) is 8.78. The lowest BCUT2D eigenvalue weighted by atomic mass is 10.0. The van der Waals surface area contributed by atoms with E-state index >= 15 is 0 Å². The number of unbranched alkanes of at least 4 members (excludes halogenated alkanes) is 10. The van der Waals surface area contributed by atoms with Crippen LogP contribution >= 0.6 is 0 Å². The second-order valence-electron chi connectivity index (χ2n) is 6.26. The molecule has 2 heteroatoms. The Labute approximate surface area is 132 Å². The van der Waals surface area contributed by atoms with E-state index in [0.29, 0.717) is 0 Å². The Morgan fingerprint density at radius 3 is 1.86 bits per heavy atom. The van der Waals surface area contributed by atoms with Crippen LogP contribution in [0.3, 0.4) is 0 Å². The third-order valence-corrected chi connectivity index (χ3v) is 4.07. The summed E-state index contributed by atoms with van der Waals surface area (Å²) >= 11 is 0. The summed E-state index contributed by atoms with van der Waals surface area (Å²) in [5.74, 6) is -0.825. The van der Waals surface area contributed by atoms with Gasteiger partial charge in [-0.15, -0.1) is 0 Å². The lowest BCUT2D eigenvalue weighted by Crippen LogP contribution is -2.08. The first-order chi connectivity index (χ1) is 10.2. The van der Waals surface area contributed by atoms with E-state index in [0.717, 1.165) is 12.8 Å². The molecule has 1 unspecified atom stereocenters. The fraction of sp³-hybridized carbons (Fsp3) is 0.842. The van der Waals surface area contributed by atoms with Crippen LogP contribution < -0.4 is 0 Å². The van der Waals surface area contributed by atoms with E-state index in [1.807, 2.05) is 0 Å². The molecular formula is C19H36O2. The molecule has 0 saturated carbocycles. The monoisotopic (exact) mass is 296 g/mol. The van der Waals surface area contributed by atoms with E-state index in [1.54, 1.807) is 6.92 Å². The Hall–Kier alpha value is -0.790. The predicted octanol–water partition coefficient (Wildman–Crippen LogP) is 6.35. The molecule has 1 atom stereocenters. The Morgan fingerprint density at radius 1 is 0.857 bits per heavy atom. The van der Waals surface area contributed by atoms with Crippen molar-refractivity contribution in [3.05, 3.63) is 12.2 Å². The van der Waals surface area contributed by atoms with Gasteiger partial charge in [-0.25, -0.2) is 0 Å². The normalized spacial score (nSPS) is 12.9. The molecule has 0 bridgehead atoms. The van der Waals surface area contributed by atoms with Crippen molar-refractivity contribution in [3.63, 3.8) is 0 Å². The summed E-state index contributed by atoms with van der Waals surface area (Å²) in [6.07, 6.45) is 20.8. The van der Waals surface area contributed by atoms with Crippen LogP contribution in [-0.2, 0) is 4.79 Å². The quantitative estimate of drug-likeness (QED) is 0.282. The Balaban J connectivity index is 3.12. The average Bonchev–Trinajstić information content (AvgIpc) is 2.47. The number of hydrogen-bond acceptors (Lipinski definition) is 1. The van der Waals surface area contributed by atoms with Crippen LogP contribution in [-0.4, -0.2) is 11.1 Å². The van der Waals surface area contributed by atoms with Gasteiger partial charge >= 0.3 is 5.97 Å². The second-order valence-corrected chi connectivity index (χ2v) is 6.26. The van der Waals surface area contributed by atoms with Gasteiger partial charge in [0, 0.05) is 0 Å². The zero-order valence-corrected chi connectivity index (χ0v) is 14.3. The molecule has 0 aromatic carbocycles. The van der Waals surface area contributed by atoms with Gasteiger partial charge in [-0.1, -0.05) is 83.8 Å². The van der Waals surface area contributed by atoms with Gasteiger partial charge in [-0.3, -0.25) is 4.79 Å². The van der Waals surface area contributed by atoms with Crippen LogP contribution in [0.4, 0.5) is 0 Å². The van der Waals surface area contributed by atoms with Crippen LogP contribution in [0.2, 0.25) is 0 Å². The fourth-order valence-electron chi connectivity index (χ4n) is 2.45. The Morgan fingerprint density at radius 2 is 1.33 bits per heavy atom. The van der Waals surface area contributed by atoms with Gasteiger partial charge in [0.2, 0.25) is 0 Å². The van der Waals surface area contributed by atoms with E-state index < -0.39 is 5.97 Å². The largest absolute Gasteiger partial charge is 0.481 e. The van der Waals surface area contributed by atoms with Gasteiger partial charge in [0.05, 0.1) is 5.92 Å². The van der Waals surface area contributed by atoms with E-state index in [-0.39, 0.29) is 5.92 Å². The molecule has 0 saturated heterocycles. The molecule has 0 amide bonds. The van der Waals surface area contributed by atoms with Crippen molar-refractivity contribution in [1.29, 1.82) is 0 Å². The summed E-state index contributed by atoms with van der Waals surface area (Å²) in [5.41, 5.74) is 0. The van der Waals surface area contributed by atoms with Crippen molar-refractivity contribution in [3.8, 4) is 0 Å². The molecule has 0 aliphatic rings. The van der Waals surface area contributed by atoms with Crippen molar-refractivity contribution in [2.45, 2.75) is 97.3 Å². The lowest BCUT2D eigenvalue weighted by Gasteiger charge is -2.05. The van der Waals surface area contributed by atoms with Gasteiger partial charge in [0.1, 0.15) is 0 Å². The summed E-state index contributed by atoms with van der Waals surface area (Å²) < 4.78 is 0. The summed E-state index contributed by atoms with van der Waals surface area (Å²) in [6, 6.07) is 0. The molecule has 0 fully saturated rings. The van der Waals surface area contributed by atoms with Gasteiger partial charge in [-0.2, -0.15) is 0 Å². The maximum atomic E-state index is 10.7. The summed E-state index contributed by atoms with van der Waals surface area (Å²) in [4.78, 5) is 10.7. The summed E-state index contributed by atoms with van der Waals surface area (Å²) in [7, 11) is 0. The number of hydrogen-bond donors (Lipinski definition) is 1. The molecule has 0 heterocycles. The van der Waals surface area contributed by atoms with Crippen LogP contribution in [0.5, 0.6) is 0 Å².